The molecule has 0 bridgehead atoms. The standard InChI is InChI=1S/C17H27N3O3S.C2H2O4/c1-4-23-17(22)15-12-7-5-8-13(12)24-16(15)19-14(21)11-18-9-6-10-20(2)3;3-1(4)2(5)6/h18H,4-11H2,1-3H3,(H,19,21);(H,3,4)(H,5,6). The summed E-state index contributed by atoms with van der Waals surface area (Å²) in [6.07, 6.45) is 3.92. The van der Waals surface area contributed by atoms with Gasteiger partial charge in [-0.1, -0.05) is 0 Å². The Kier molecular flexibility index (Phi) is 11.0. The molecule has 0 aliphatic heterocycles. The Morgan fingerprint density at radius 2 is 1.80 bits per heavy atom. The second kappa shape index (κ2) is 12.9. The topological polar surface area (TPSA) is 145 Å². The number of aryl methyl sites for hydroxylation is 1. The molecule has 0 unspecified atom stereocenters. The van der Waals surface area contributed by atoms with Crippen molar-refractivity contribution >= 4 is 40.2 Å². The number of nitrogens with zero attached hydrogens (tertiary/aromatic N) is 1. The van der Waals surface area contributed by atoms with E-state index in [1.165, 1.54) is 16.2 Å². The molecule has 1 heterocycles. The second-order valence-electron chi connectivity index (χ2n) is 6.77. The van der Waals surface area contributed by atoms with Crippen LogP contribution in [-0.2, 0) is 32.0 Å². The molecule has 30 heavy (non-hydrogen) atoms. The zero-order valence-electron chi connectivity index (χ0n) is 17.4. The van der Waals surface area contributed by atoms with E-state index in [1.807, 2.05) is 14.1 Å². The lowest BCUT2D eigenvalue weighted by molar-refractivity contribution is -0.159. The van der Waals surface area contributed by atoms with Crippen LogP contribution in [0.15, 0.2) is 0 Å². The molecule has 168 valence electrons. The van der Waals surface area contributed by atoms with Crippen LogP contribution < -0.4 is 10.6 Å². The summed E-state index contributed by atoms with van der Waals surface area (Å²) in [6.45, 7) is 4.15. The van der Waals surface area contributed by atoms with E-state index in [2.05, 4.69) is 15.5 Å². The predicted octanol–water partition coefficient (Wildman–Crippen LogP) is 1.05. The molecule has 1 aromatic rings. The molecule has 0 aromatic carbocycles. The molecule has 2 rings (SSSR count). The normalized spacial score (nSPS) is 12.0. The van der Waals surface area contributed by atoms with Gasteiger partial charge >= 0.3 is 17.9 Å². The minimum Gasteiger partial charge on any atom is -0.473 e. The van der Waals surface area contributed by atoms with Gasteiger partial charge in [-0.15, -0.1) is 11.3 Å². The molecule has 0 saturated carbocycles. The van der Waals surface area contributed by atoms with Crippen molar-refractivity contribution in [3.63, 3.8) is 0 Å². The number of rotatable bonds is 9. The van der Waals surface area contributed by atoms with Gasteiger partial charge in [0, 0.05) is 4.88 Å². The van der Waals surface area contributed by atoms with E-state index in [-0.39, 0.29) is 18.4 Å². The fourth-order valence-electron chi connectivity index (χ4n) is 2.80. The number of hydrogen-bond acceptors (Lipinski definition) is 8. The highest BCUT2D eigenvalue weighted by Gasteiger charge is 2.28. The molecular formula is C19H29N3O7S. The first-order valence-electron chi connectivity index (χ1n) is 9.60. The van der Waals surface area contributed by atoms with Gasteiger partial charge in [0.1, 0.15) is 5.00 Å². The summed E-state index contributed by atoms with van der Waals surface area (Å²) in [5.41, 5.74) is 1.63. The van der Waals surface area contributed by atoms with Crippen molar-refractivity contribution in [3.8, 4) is 0 Å². The highest BCUT2D eigenvalue weighted by Crippen LogP contribution is 2.39. The highest BCUT2D eigenvalue weighted by atomic mass is 32.1. The van der Waals surface area contributed by atoms with Crippen molar-refractivity contribution in [2.45, 2.75) is 32.6 Å². The number of anilines is 1. The minimum absolute atomic E-state index is 0.120. The Morgan fingerprint density at radius 3 is 2.37 bits per heavy atom. The van der Waals surface area contributed by atoms with Crippen LogP contribution in [-0.4, -0.2) is 79.3 Å². The van der Waals surface area contributed by atoms with Gasteiger partial charge in [0.15, 0.2) is 0 Å². The van der Waals surface area contributed by atoms with Gasteiger partial charge in [0.2, 0.25) is 5.91 Å². The molecule has 0 fully saturated rings. The molecule has 0 radical (unpaired) electrons. The van der Waals surface area contributed by atoms with Crippen molar-refractivity contribution in [3.05, 3.63) is 16.0 Å². The van der Waals surface area contributed by atoms with Crippen LogP contribution in [0.5, 0.6) is 0 Å². The van der Waals surface area contributed by atoms with Gasteiger partial charge in [-0.3, -0.25) is 4.79 Å². The van der Waals surface area contributed by atoms with Gasteiger partial charge < -0.3 is 30.5 Å². The van der Waals surface area contributed by atoms with Crippen LogP contribution in [0.2, 0.25) is 0 Å². The minimum atomic E-state index is -1.82. The highest BCUT2D eigenvalue weighted by molar-refractivity contribution is 7.17. The molecule has 1 aliphatic carbocycles. The van der Waals surface area contributed by atoms with Crippen LogP contribution >= 0.6 is 11.3 Å². The lowest BCUT2D eigenvalue weighted by atomic mass is 10.1. The first kappa shape index (κ1) is 25.5. The molecule has 0 spiro atoms. The van der Waals surface area contributed by atoms with E-state index in [1.54, 1.807) is 6.92 Å². The third kappa shape index (κ3) is 8.47. The molecule has 0 saturated heterocycles. The van der Waals surface area contributed by atoms with Crippen LogP contribution in [0.4, 0.5) is 5.00 Å². The average Bonchev–Trinajstić information content (AvgIpc) is 3.22. The number of carbonyl (C=O) groups is 4. The number of hydrogen-bond donors (Lipinski definition) is 4. The Morgan fingerprint density at radius 1 is 1.13 bits per heavy atom. The summed E-state index contributed by atoms with van der Waals surface area (Å²) in [7, 11) is 4.05. The number of carbonyl (C=O) groups excluding carboxylic acids is 2. The van der Waals surface area contributed by atoms with E-state index < -0.39 is 11.9 Å². The fraction of sp³-hybridized carbons (Fsp3) is 0.579. The summed E-state index contributed by atoms with van der Waals surface area (Å²) < 4.78 is 5.17. The zero-order valence-corrected chi connectivity index (χ0v) is 18.3. The van der Waals surface area contributed by atoms with E-state index in [0.29, 0.717) is 17.2 Å². The third-order valence-electron chi connectivity index (χ3n) is 4.08. The predicted molar refractivity (Wildman–Crippen MR) is 112 cm³/mol. The third-order valence-corrected chi connectivity index (χ3v) is 5.29. The molecule has 4 N–H and O–H groups in total. The number of carboxylic acid groups (broad SMARTS) is 2. The van der Waals surface area contributed by atoms with E-state index >= 15 is 0 Å². The van der Waals surface area contributed by atoms with E-state index in [0.717, 1.165) is 44.3 Å². The maximum atomic E-state index is 12.2. The Bertz CT molecular complexity index is 750. The van der Waals surface area contributed by atoms with Crippen LogP contribution in [0.25, 0.3) is 0 Å². The van der Waals surface area contributed by atoms with Gasteiger partial charge in [-0.2, -0.15) is 0 Å². The fourth-order valence-corrected chi connectivity index (χ4v) is 4.10. The molecule has 1 aromatic heterocycles. The monoisotopic (exact) mass is 443 g/mol. The van der Waals surface area contributed by atoms with E-state index in [9.17, 15) is 9.59 Å². The molecule has 10 nitrogen and oxygen atoms in total. The second-order valence-corrected chi connectivity index (χ2v) is 7.88. The lowest BCUT2D eigenvalue weighted by Gasteiger charge is -2.10. The van der Waals surface area contributed by atoms with Crippen molar-refractivity contribution in [2.24, 2.45) is 0 Å². The zero-order chi connectivity index (χ0) is 22.7. The van der Waals surface area contributed by atoms with Gasteiger partial charge in [-0.25, -0.2) is 14.4 Å². The molecule has 1 aliphatic rings. The summed E-state index contributed by atoms with van der Waals surface area (Å²) in [6, 6.07) is 0. The number of carboxylic acids is 2. The van der Waals surface area contributed by atoms with Gasteiger partial charge in [-0.05, 0) is 65.4 Å². The first-order chi connectivity index (χ1) is 14.2. The molecule has 0 atom stereocenters. The Labute approximate surface area is 179 Å². The quantitative estimate of drug-likeness (QED) is 0.250. The van der Waals surface area contributed by atoms with Crippen LogP contribution in [0, 0.1) is 0 Å². The number of aliphatic carboxylic acids is 2. The molecule has 1 amide bonds. The van der Waals surface area contributed by atoms with Gasteiger partial charge in [0.25, 0.3) is 0 Å². The average molecular weight is 444 g/mol. The lowest BCUT2D eigenvalue weighted by Crippen LogP contribution is -2.30. The maximum Gasteiger partial charge on any atom is 0.414 e. The van der Waals surface area contributed by atoms with Crippen molar-refractivity contribution in [2.75, 3.05) is 45.7 Å². The van der Waals surface area contributed by atoms with Crippen LogP contribution in [0.3, 0.4) is 0 Å². The first-order valence-corrected chi connectivity index (χ1v) is 10.4. The van der Waals surface area contributed by atoms with E-state index in [4.69, 9.17) is 24.5 Å². The summed E-state index contributed by atoms with van der Waals surface area (Å²) in [4.78, 5) is 45.9. The summed E-state index contributed by atoms with van der Waals surface area (Å²) in [5, 5.41) is 21.4. The number of amides is 1. The number of nitrogens with one attached hydrogen (secondary N) is 2. The Hall–Kier alpha value is -2.50. The maximum absolute atomic E-state index is 12.2. The number of thiophene rings is 1. The van der Waals surface area contributed by atoms with Crippen molar-refractivity contribution in [1.82, 2.24) is 10.2 Å². The Balaban J connectivity index is 0.000000656. The summed E-state index contributed by atoms with van der Waals surface area (Å²) in [5.74, 6) is -4.10. The molecule has 11 heteroatoms. The smallest absolute Gasteiger partial charge is 0.414 e. The summed E-state index contributed by atoms with van der Waals surface area (Å²) >= 11 is 1.51. The number of fused-ring (bicyclic) bond motifs is 1. The molecular weight excluding hydrogens is 414 g/mol. The van der Waals surface area contributed by atoms with Crippen molar-refractivity contribution < 1.29 is 34.1 Å². The number of esters is 1. The largest absolute Gasteiger partial charge is 0.473 e. The van der Waals surface area contributed by atoms with Crippen LogP contribution in [0.1, 0.15) is 40.6 Å². The van der Waals surface area contributed by atoms with Crippen molar-refractivity contribution in [1.29, 1.82) is 0 Å². The SMILES string of the molecule is CCOC(=O)c1c(NC(=O)CNCCCN(C)C)sc2c1CCC2.O=C(O)C(=O)O. The van der Waals surface area contributed by atoms with Gasteiger partial charge in [0.05, 0.1) is 18.7 Å². The number of ether oxygens (including phenoxy) is 1.